The second kappa shape index (κ2) is 7.42. The number of pyridine rings is 2. The van der Waals surface area contributed by atoms with Gasteiger partial charge in [0.05, 0.1) is 35.4 Å². The first-order valence-electron chi connectivity index (χ1n) is 9.29. The largest absolute Gasteiger partial charge is 0.495 e. The number of sulfone groups is 1. The first kappa shape index (κ1) is 21.8. The van der Waals surface area contributed by atoms with Crippen molar-refractivity contribution in [1.29, 1.82) is 0 Å². The molecule has 0 aliphatic rings. The number of nitrogens with two attached hydrogens (primary N) is 1. The third kappa shape index (κ3) is 3.67. The average molecular weight is 437 g/mol. The zero-order valence-corrected chi connectivity index (χ0v) is 18.5. The molecule has 0 unspecified atom stereocenters. The van der Waals surface area contributed by atoms with Crippen LogP contribution in [0.4, 0.5) is 10.2 Å². The topological polar surface area (TPSA) is 109 Å². The first-order chi connectivity index (χ1) is 13.9. The van der Waals surface area contributed by atoms with E-state index in [0.29, 0.717) is 16.9 Å². The van der Waals surface area contributed by atoms with E-state index in [0.717, 1.165) is 0 Å². The molecule has 0 aliphatic heterocycles. The van der Waals surface area contributed by atoms with Gasteiger partial charge in [0.2, 0.25) is 5.88 Å². The highest BCUT2D eigenvalue weighted by Crippen LogP contribution is 2.36. The summed E-state index contributed by atoms with van der Waals surface area (Å²) in [5, 5.41) is 0. The van der Waals surface area contributed by atoms with Gasteiger partial charge in [-0.05, 0) is 40.7 Å². The van der Waals surface area contributed by atoms with Crippen LogP contribution in [0.1, 0.15) is 34.6 Å². The van der Waals surface area contributed by atoms with Crippen molar-refractivity contribution in [3.63, 3.8) is 0 Å². The molecule has 0 fully saturated rings. The summed E-state index contributed by atoms with van der Waals surface area (Å²) in [4.78, 5) is 8.33. The fourth-order valence-corrected chi connectivity index (χ4v) is 4.17. The number of halogens is 1. The van der Waals surface area contributed by atoms with Gasteiger partial charge in [0, 0.05) is 12.3 Å². The smallest absolute Gasteiger partial charge is 0.225 e. The molecule has 2 N–H and O–H groups in total. The Morgan fingerprint density at radius 2 is 1.90 bits per heavy atom. The van der Waals surface area contributed by atoms with Gasteiger partial charge < -0.3 is 15.2 Å². The maximum Gasteiger partial charge on any atom is 0.225 e. The van der Waals surface area contributed by atoms with Crippen molar-refractivity contribution >= 4 is 21.3 Å². The van der Waals surface area contributed by atoms with Crippen molar-refractivity contribution in [2.45, 2.75) is 50.4 Å². The number of aromatic nitrogens is 3. The highest BCUT2D eigenvalue weighted by atomic mass is 32.2. The number of hydrogen-bond acceptors (Lipinski definition) is 7. The lowest BCUT2D eigenvalue weighted by Crippen LogP contribution is -2.28. The summed E-state index contributed by atoms with van der Waals surface area (Å²) in [7, 11) is -2.35. The Labute approximate surface area is 174 Å². The fourth-order valence-electron chi connectivity index (χ4n) is 2.86. The molecule has 3 aromatic heterocycles. The number of imidazole rings is 1. The van der Waals surface area contributed by atoms with Gasteiger partial charge in [-0.3, -0.25) is 4.40 Å². The zero-order valence-electron chi connectivity index (χ0n) is 17.7. The minimum atomic E-state index is -3.75. The summed E-state index contributed by atoms with van der Waals surface area (Å²) in [6.07, 6.45) is 2.67. The Kier molecular flexibility index (Phi) is 5.40. The summed E-state index contributed by atoms with van der Waals surface area (Å²) in [5.41, 5.74) is 6.73. The van der Waals surface area contributed by atoms with Gasteiger partial charge in [0.15, 0.2) is 21.5 Å². The molecule has 0 aliphatic carbocycles. The maximum atomic E-state index is 14.2. The predicted molar refractivity (Wildman–Crippen MR) is 112 cm³/mol. The quantitative estimate of drug-likeness (QED) is 0.652. The Bertz CT molecular complexity index is 1210. The summed E-state index contributed by atoms with van der Waals surface area (Å²) < 4.78 is 52.0. The van der Waals surface area contributed by atoms with E-state index in [9.17, 15) is 12.8 Å². The molecule has 162 valence electrons. The third-order valence-electron chi connectivity index (χ3n) is 4.48. The number of hydrogen-bond donors (Lipinski definition) is 1. The fraction of sp³-hybridized carbons (Fsp3) is 0.400. The minimum absolute atomic E-state index is 0.000505. The standard InChI is InChI=1S/C20H25FN4O4S/c1-11(2)29-19-12(7-13(21)18(22)24-19)14-9-23-17-8-15(28-6)16(10-25(14)17)30(26,27)20(3,4)5/h7-11H,1-6H3,(H2,22,24). The normalized spacial score (nSPS) is 12.5. The SMILES string of the molecule is COc1cc2ncc(-c3cc(F)c(N)nc3OC(C)C)n2cc1S(=O)(=O)C(C)(C)C. The molecule has 0 aromatic carbocycles. The number of rotatable bonds is 5. The minimum Gasteiger partial charge on any atom is -0.495 e. The molecule has 30 heavy (non-hydrogen) atoms. The number of anilines is 1. The predicted octanol–water partition coefficient (Wildman–Crippen LogP) is 3.49. The van der Waals surface area contributed by atoms with E-state index in [1.54, 1.807) is 39.0 Å². The van der Waals surface area contributed by atoms with Gasteiger partial charge in [-0.1, -0.05) is 0 Å². The lowest BCUT2D eigenvalue weighted by atomic mass is 10.2. The second-order valence-corrected chi connectivity index (χ2v) is 10.7. The van der Waals surface area contributed by atoms with Crippen LogP contribution in [0.25, 0.3) is 16.9 Å². The van der Waals surface area contributed by atoms with Crippen LogP contribution in [-0.2, 0) is 9.84 Å². The van der Waals surface area contributed by atoms with Gasteiger partial charge in [-0.2, -0.15) is 4.98 Å². The van der Waals surface area contributed by atoms with Crippen molar-refractivity contribution in [3.8, 4) is 22.9 Å². The molecule has 0 spiro atoms. The van der Waals surface area contributed by atoms with E-state index >= 15 is 0 Å². The molecular formula is C20H25FN4O4S. The van der Waals surface area contributed by atoms with Crippen molar-refractivity contribution in [2.24, 2.45) is 0 Å². The summed E-state index contributed by atoms with van der Waals surface area (Å²) in [6.45, 7) is 8.43. The lowest BCUT2D eigenvalue weighted by Gasteiger charge is -2.21. The Hall–Kier alpha value is -2.88. The summed E-state index contributed by atoms with van der Waals surface area (Å²) >= 11 is 0. The van der Waals surface area contributed by atoms with Gasteiger partial charge in [0.25, 0.3) is 0 Å². The van der Waals surface area contributed by atoms with Crippen LogP contribution < -0.4 is 15.2 Å². The summed E-state index contributed by atoms with van der Waals surface area (Å²) in [5.74, 6) is -0.704. The second-order valence-electron chi connectivity index (χ2n) is 8.07. The number of methoxy groups -OCH3 is 1. The highest BCUT2D eigenvalue weighted by molar-refractivity contribution is 7.92. The molecule has 0 saturated heterocycles. The molecule has 3 rings (SSSR count). The van der Waals surface area contributed by atoms with Crippen molar-refractivity contribution < 1.29 is 22.3 Å². The molecule has 0 saturated carbocycles. The lowest BCUT2D eigenvalue weighted by molar-refractivity contribution is 0.233. The van der Waals surface area contributed by atoms with E-state index < -0.39 is 20.4 Å². The van der Waals surface area contributed by atoms with E-state index in [1.807, 2.05) is 0 Å². The van der Waals surface area contributed by atoms with E-state index in [4.69, 9.17) is 15.2 Å². The number of nitrogens with zero attached hydrogens (tertiary/aromatic N) is 3. The van der Waals surface area contributed by atoms with Crippen LogP contribution in [0.5, 0.6) is 11.6 Å². The number of fused-ring (bicyclic) bond motifs is 1. The molecular weight excluding hydrogens is 411 g/mol. The molecule has 3 aromatic rings. The molecule has 0 bridgehead atoms. The van der Waals surface area contributed by atoms with E-state index in [1.165, 1.54) is 31.6 Å². The van der Waals surface area contributed by atoms with E-state index in [-0.39, 0.29) is 28.4 Å². The molecule has 8 nitrogen and oxygen atoms in total. The van der Waals surface area contributed by atoms with Gasteiger partial charge in [-0.15, -0.1) is 0 Å². The molecule has 3 heterocycles. The number of ether oxygens (including phenoxy) is 2. The Balaban J connectivity index is 2.33. The Morgan fingerprint density at radius 3 is 2.47 bits per heavy atom. The van der Waals surface area contributed by atoms with E-state index in [2.05, 4.69) is 9.97 Å². The van der Waals surface area contributed by atoms with Crippen LogP contribution >= 0.6 is 0 Å². The Morgan fingerprint density at radius 1 is 1.23 bits per heavy atom. The van der Waals surface area contributed by atoms with Crippen molar-refractivity contribution in [1.82, 2.24) is 14.4 Å². The van der Waals surface area contributed by atoms with Crippen LogP contribution in [0, 0.1) is 5.82 Å². The molecule has 10 heteroatoms. The van der Waals surface area contributed by atoms with Gasteiger partial charge in [0.1, 0.15) is 16.3 Å². The zero-order chi connectivity index (χ0) is 22.4. The van der Waals surface area contributed by atoms with Gasteiger partial charge in [-0.25, -0.2) is 17.8 Å². The van der Waals surface area contributed by atoms with Crippen LogP contribution in [0.2, 0.25) is 0 Å². The highest BCUT2D eigenvalue weighted by Gasteiger charge is 2.34. The van der Waals surface area contributed by atoms with Crippen LogP contribution in [0.3, 0.4) is 0 Å². The summed E-state index contributed by atoms with van der Waals surface area (Å²) in [6, 6.07) is 2.72. The molecule has 0 amide bonds. The van der Waals surface area contributed by atoms with Gasteiger partial charge >= 0.3 is 0 Å². The third-order valence-corrected chi connectivity index (χ3v) is 6.98. The average Bonchev–Trinajstić information content (AvgIpc) is 3.04. The van der Waals surface area contributed by atoms with Crippen LogP contribution in [-0.4, -0.2) is 40.7 Å². The van der Waals surface area contributed by atoms with Crippen molar-refractivity contribution in [3.05, 3.63) is 30.3 Å². The molecule has 0 atom stereocenters. The molecule has 0 radical (unpaired) electrons. The first-order valence-corrected chi connectivity index (χ1v) is 10.8. The monoisotopic (exact) mass is 436 g/mol. The van der Waals surface area contributed by atoms with Crippen LogP contribution in [0.15, 0.2) is 29.4 Å². The maximum absolute atomic E-state index is 14.2. The number of nitrogen functional groups attached to an aromatic ring is 1. The van der Waals surface area contributed by atoms with Crippen molar-refractivity contribution in [2.75, 3.05) is 12.8 Å².